The third-order valence-electron chi connectivity index (χ3n) is 10.4. The zero-order valence-electron chi connectivity index (χ0n) is 38.6. The summed E-state index contributed by atoms with van der Waals surface area (Å²) in [4.78, 5) is 115. The van der Waals surface area contributed by atoms with E-state index in [-0.39, 0.29) is 80.1 Å². The number of thioether (sulfide) groups is 1. The number of amides is 8. The highest BCUT2D eigenvalue weighted by Crippen LogP contribution is 2.15. The van der Waals surface area contributed by atoms with E-state index in [1.807, 2.05) is 13.8 Å². The van der Waals surface area contributed by atoms with Crippen LogP contribution in [0.4, 0.5) is 0 Å². The molecule has 0 saturated carbocycles. The molecule has 0 spiro atoms. The van der Waals surface area contributed by atoms with Crippen LogP contribution in [0.3, 0.4) is 0 Å². The predicted octanol–water partition coefficient (Wildman–Crippen LogP) is -1.67. The SMILES string of the molecule is CC(C)C[C@@H]1NC(=O)[C@H]([C@@H](C)O)NC(=O)[C@H](Cc2ccccc2)NC(=O)[C@@H](CCCN=C(N)N)NC(=O)[C@@H](CC(C)C)NC(=O)[C@@H](Cc2ccc(O)cc2)NC(=O)CSC[C@@H](C(N)=O)NC1=O. The lowest BCUT2D eigenvalue weighted by atomic mass is 10.00. The number of aliphatic hydroxyl groups is 1. The molecule has 0 aliphatic carbocycles. The van der Waals surface area contributed by atoms with Crippen molar-refractivity contribution in [2.24, 2.45) is 34.0 Å². The molecule has 67 heavy (non-hydrogen) atoms. The van der Waals surface area contributed by atoms with Crippen molar-refractivity contribution in [1.82, 2.24) is 37.2 Å². The van der Waals surface area contributed by atoms with E-state index < -0.39 is 95.7 Å². The van der Waals surface area contributed by atoms with Crippen molar-refractivity contribution >= 4 is 65.0 Å². The lowest BCUT2D eigenvalue weighted by molar-refractivity contribution is -0.137. The van der Waals surface area contributed by atoms with Crippen LogP contribution in [-0.2, 0) is 51.2 Å². The number of phenols is 1. The molecular formula is C45H67N11O10S. The first-order valence-electron chi connectivity index (χ1n) is 22.2. The summed E-state index contributed by atoms with van der Waals surface area (Å²) in [5, 5.41) is 39.2. The van der Waals surface area contributed by atoms with E-state index in [0.29, 0.717) is 11.1 Å². The molecule has 8 atom stereocenters. The van der Waals surface area contributed by atoms with Crippen LogP contribution in [0.5, 0.6) is 5.75 Å². The van der Waals surface area contributed by atoms with Gasteiger partial charge in [0, 0.05) is 25.1 Å². The second-order valence-electron chi connectivity index (χ2n) is 17.3. The number of nitrogens with two attached hydrogens (primary N) is 3. The Morgan fingerprint density at radius 3 is 1.67 bits per heavy atom. The first kappa shape index (κ1) is 54.9. The Kier molecular flexibility index (Phi) is 22.4. The number of primary amides is 1. The molecule has 1 heterocycles. The molecule has 15 N–H and O–H groups in total. The quantitative estimate of drug-likeness (QED) is 0.0574. The van der Waals surface area contributed by atoms with Gasteiger partial charge < -0.3 is 64.6 Å². The van der Waals surface area contributed by atoms with Gasteiger partial charge in [0.25, 0.3) is 0 Å². The zero-order valence-corrected chi connectivity index (χ0v) is 39.4. The lowest BCUT2D eigenvalue weighted by Gasteiger charge is -2.29. The number of benzene rings is 2. The lowest BCUT2D eigenvalue weighted by Crippen LogP contribution is -2.62. The summed E-state index contributed by atoms with van der Waals surface area (Å²) in [5.74, 6) is -7.61. The van der Waals surface area contributed by atoms with E-state index in [4.69, 9.17) is 17.2 Å². The molecule has 368 valence electrons. The minimum atomic E-state index is -1.65. The van der Waals surface area contributed by atoms with Crippen LogP contribution in [-0.4, -0.2) is 130 Å². The largest absolute Gasteiger partial charge is 0.508 e. The van der Waals surface area contributed by atoms with Crippen LogP contribution in [0, 0.1) is 11.8 Å². The van der Waals surface area contributed by atoms with E-state index in [9.17, 15) is 48.6 Å². The molecule has 22 heteroatoms. The third-order valence-corrected chi connectivity index (χ3v) is 11.5. The van der Waals surface area contributed by atoms with Crippen molar-refractivity contribution in [3.8, 4) is 5.75 Å². The summed E-state index contributed by atoms with van der Waals surface area (Å²) in [7, 11) is 0. The van der Waals surface area contributed by atoms with Gasteiger partial charge in [-0.2, -0.15) is 0 Å². The standard InChI is InChI=1S/C45H67N11O10S/c1-24(2)18-31-40(62)51-30(12-9-17-49-45(47)48)39(61)53-34(20-27-10-7-6-8-11-27)43(65)56-37(26(5)57)44(66)54-32(19-25(3)4)41(63)55-35(38(46)60)22-67-23-36(59)50-33(42(64)52-31)21-28-13-15-29(58)16-14-28/h6-8,10-11,13-16,24-26,30-35,37,57-58H,9,12,17-23H2,1-5H3,(H2,46,60)(H,50,59)(H,51,62)(H,52,64)(H,53,61)(H,54,66)(H,55,63)(H,56,65)(H4,47,48,49)/t26-,30-,31-,32+,33-,34+,35+,37+/m1/s1. The summed E-state index contributed by atoms with van der Waals surface area (Å²) < 4.78 is 0. The molecule has 1 fully saturated rings. The Bertz CT molecular complexity index is 2030. The number of hydrogen-bond acceptors (Lipinski definition) is 12. The summed E-state index contributed by atoms with van der Waals surface area (Å²) in [6.45, 7) is 8.53. The summed E-state index contributed by atoms with van der Waals surface area (Å²) >= 11 is 0.926. The number of carbonyl (C=O) groups is 8. The van der Waals surface area contributed by atoms with Gasteiger partial charge in [-0.05, 0) is 67.7 Å². The van der Waals surface area contributed by atoms with E-state index in [1.165, 1.54) is 19.1 Å². The molecule has 0 aromatic heterocycles. The Labute approximate surface area is 394 Å². The number of nitrogens with zero attached hydrogens (tertiary/aromatic N) is 1. The first-order chi connectivity index (χ1) is 31.6. The number of phenolic OH excluding ortho intramolecular Hbond substituents is 1. The molecule has 21 nitrogen and oxygen atoms in total. The van der Waals surface area contributed by atoms with Gasteiger partial charge in [-0.25, -0.2) is 0 Å². The second-order valence-corrected chi connectivity index (χ2v) is 18.4. The van der Waals surface area contributed by atoms with Gasteiger partial charge in [0.05, 0.1) is 11.9 Å². The number of guanidine groups is 1. The minimum Gasteiger partial charge on any atom is -0.508 e. The van der Waals surface area contributed by atoms with Crippen molar-refractivity contribution in [2.75, 3.05) is 18.1 Å². The van der Waals surface area contributed by atoms with Gasteiger partial charge in [-0.15, -0.1) is 11.8 Å². The van der Waals surface area contributed by atoms with Crippen LogP contribution in [0.15, 0.2) is 59.6 Å². The van der Waals surface area contributed by atoms with Gasteiger partial charge in [0.2, 0.25) is 47.3 Å². The van der Waals surface area contributed by atoms with Gasteiger partial charge in [-0.3, -0.25) is 43.3 Å². The fourth-order valence-corrected chi connectivity index (χ4v) is 7.89. The molecule has 1 aliphatic rings. The highest BCUT2D eigenvalue weighted by molar-refractivity contribution is 8.00. The van der Waals surface area contributed by atoms with Crippen molar-refractivity contribution in [2.45, 2.75) is 122 Å². The molecule has 0 unspecified atom stereocenters. The van der Waals surface area contributed by atoms with Crippen molar-refractivity contribution < 1.29 is 48.6 Å². The van der Waals surface area contributed by atoms with E-state index in [1.54, 1.807) is 56.3 Å². The predicted molar refractivity (Wildman–Crippen MR) is 252 cm³/mol. The van der Waals surface area contributed by atoms with Crippen LogP contribution in [0.2, 0.25) is 0 Å². The normalized spacial score (nSPS) is 23.8. The fourth-order valence-electron chi connectivity index (χ4n) is 7.02. The maximum absolute atomic E-state index is 14.3. The molecule has 1 saturated heterocycles. The van der Waals surface area contributed by atoms with E-state index in [0.717, 1.165) is 11.8 Å². The average Bonchev–Trinajstić information content (AvgIpc) is 3.25. The number of aromatic hydroxyl groups is 1. The van der Waals surface area contributed by atoms with Gasteiger partial charge in [0.15, 0.2) is 5.96 Å². The monoisotopic (exact) mass is 953 g/mol. The molecule has 0 bridgehead atoms. The summed E-state index contributed by atoms with van der Waals surface area (Å²) in [5.41, 5.74) is 17.9. The average molecular weight is 954 g/mol. The fraction of sp³-hybridized carbons (Fsp3) is 0.533. The maximum Gasteiger partial charge on any atom is 0.245 e. The minimum absolute atomic E-state index is 0.0297. The van der Waals surface area contributed by atoms with Crippen LogP contribution >= 0.6 is 11.8 Å². The topological polar surface area (TPSA) is 352 Å². The third kappa shape index (κ3) is 19.5. The molecule has 2 aromatic carbocycles. The molecule has 8 amide bonds. The number of carbonyl (C=O) groups excluding carboxylic acids is 8. The van der Waals surface area contributed by atoms with Crippen molar-refractivity contribution in [3.63, 3.8) is 0 Å². The zero-order chi connectivity index (χ0) is 49.8. The molecule has 3 rings (SSSR count). The smallest absolute Gasteiger partial charge is 0.245 e. The Hall–Kier alpha value is -6.42. The van der Waals surface area contributed by atoms with E-state index in [2.05, 4.69) is 42.2 Å². The van der Waals surface area contributed by atoms with Gasteiger partial charge >= 0.3 is 0 Å². The van der Waals surface area contributed by atoms with Gasteiger partial charge in [0.1, 0.15) is 48.0 Å². The highest BCUT2D eigenvalue weighted by Gasteiger charge is 2.36. The van der Waals surface area contributed by atoms with Gasteiger partial charge in [-0.1, -0.05) is 70.2 Å². The van der Waals surface area contributed by atoms with Crippen LogP contribution < -0.4 is 54.4 Å². The maximum atomic E-state index is 14.3. The molecule has 0 radical (unpaired) electrons. The molecule has 2 aromatic rings. The first-order valence-corrected chi connectivity index (χ1v) is 23.3. The van der Waals surface area contributed by atoms with Crippen LogP contribution in [0.25, 0.3) is 0 Å². The summed E-state index contributed by atoms with van der Waals surface area (Å²) in [6.07, 6.45) is -1.40. The molecular weight excluding hydrogens is 887 g/mol. The Morgan fingerprint density at radius 2 is 1.12 bits per heavy atom. The highest BCUT2D eigenvalue weighted by atomic mass is 32.2. The number of aliphatic hydroxyl groups excluding tert-OH is 1. The number of hydrogen-bond donors (Lipinski definition) is 12. The van der Waals surface area contributed by atoms with Crippen molar-refractivity contribution in [1.29, 1.82) is 0 Å². The number of nitrogens with one attached hydrogen (secondary N) is 7. The Balaban J connectivity index is 2.14. The van der Waals surface area contributed by atoms with E-state index >= 15 is 0 Å². The van der Waals surface area contributed by atoms with Crippen LogP contribution in [0.1, 0.15) is 71.4 Å². The molecule has 1 aliphatic heterocycles. The second kappa shape index (κ2) is 27.3. The summed E-state index contributed by atoms with van der Waals surface area (Å²) in [6, 6.07) is 5.07. The van der Waals surface area contributed by atoms with Crippen molar-refractivity contribution in [3.05, 3.63) is 65.7 Å². The Morgan fingerprint density at radius 1 is 0.642 bits per heavy atom. The number of aliphatic imine (C=N–C) groups is 1. The number of rotatable bonds is 14.